The van der Waals surface area contributed by atoms with E-state index in [0.29, 0.717) is 0 Å². The Morgan fingerprint density at radius 3 is 3.00 bits per heavy atom. The fourth-order valence-electron chi connectivity index (χ4n) is 2.56. The van der Waals surface area contributed by atoms with E-state index in [1.54, 1.807) is 0 Å². The zero-order valence-corrected chi connectivity index (χ0v) is 13.3. The van der Waals surface area contributed by atoms with Crippen molar-refractivity contribution in [2.24, 2.45) is 5.73 Å². The van der Waals surface area contributed by atoms with E-state index in [0.717, 1.165) is 29.8 Å². The predicted octanol–water partition coefficient (Wildman–Crippen LogP) is 3.56. The van der Waals surface area contributed by atoms with Crippen LogP contribution in [0.1, 0.15) is 25.8 Å². The molecule has 1 aromatic carbocycles. The second kappa shape index (κ2) is 6.87. The highest BCUT2D eigenvalue weighted by Gasteiger charge is 2.21. The molecule has 2 nitrogen and oxygen atoms in total. The molecule has 1 fully saturated rings. The van der Waals surface area contributed by atoms with Crippen LogP contribution in [0.5, 0.6) is 0 Å². The minimum absolute atomic E-state index is 0.165. The maximum atomic E-state index is 6.13. The topological polar surface area (TPSA) is 29.3 Å². The number of halogens is 1. The van der Waals surface area contributed by atoms with Crippen LogP contribution < -0.4 is 10.6 Å². The Kier molecular flexibility index (Phi) is 5.43. The van der Waals surface area contributed by atoms with Crippen molar-refractivity contribution in [1.82, 2.24) is 0 Å². The van der Waals surface area contributed by atoms with Crippen molar-refractivity contribution in [1.29, 1.82) is 0 Å². The number of benzene rings is 1. The molecule has 0 amide bonds. The van der Waals surface area contributed by atoms with Gasteiger partial charge >= 0.3 is 0 Å². The summed E-state index contributed by atoms with van der Waals surface area (Å²) in [6, 6.07) is 6.38. The first-order valence-corrected chi connectivity index (χ1v) is 8.43. The molecule has 2 rings (SSSR count). The quantitative estimate of drug-likeness (QED) is 0.921. The van der Waals surface area contributed by atoms with Crippen molar-refractivity contribution in [3.8, 4) is 0 Å². The van der Waals surface area contributed by atoms with Gasteiger partial charge in [0.1, 0.15) is 0 Å². The molecular weight excluding hydrogens is 276 g/mol. The number of nitrogens with zero attached hydrogens (tertiary/aromatic N) is 1. The van der Waals surface area contributed by atoms with E-state index in [-0.39, 0.29) is 6.04 Å². The zero-order chi connectivity index (χ0) is 13.8. The second-order valence-corrected chi connectivity index (χ2v) is 7.15. The van der Waals surface area contributed by atoms with Gasteiger partial charge in [-0.05, 0) is 43.5 Å². The molecule has 2 atom stereocenters. The highest BCUT2D eigenvalue weighted by Crippen LogP contribution is 2.30. The van der Waals surface area contributed by atoms with Crippen molar-refractivity contribution in [2.75, 3.05) is 23.7 Å². The first kappa shape index (κ1) is 15.0. The van der Waals surface area contributed by atoms with Gasteiger partial charge in [-0.1, -0.05) is 18.5 Å². The molecule has 0 radical (unpaired) electrons. The van der Waals surface area contributed by atoms with Crippen LogP contribution in [-0.4, -0.2) is 30.1 Å². The van der Waals surface area contributed by atoms with E-state index in [9.17, 15) is 0 Å². The molecule has 1 aliphatic rings. The smallest absolute Gasteiger partial charge is 0.0410 e. The van der Waals surface area contributed by atoms with Crippen molar-refractivity contribution in [3.05, 3.63) is 28.8 Å². The number of hydrogen-bond acceptors (Lipinski definition) is 3. The summed E-state index contributed by atoms with van der Waals surface area (Å²) in [5, 5.41) is 1.55. The Morgan fingerprint density at radius 1 is 1.53 bits per heavy atom. The van der Waals surface area contributed by atoms with Crippen molar-refractivity contribution in [3.63, 3.8) is 0 Å². The van der Waals surface area contributed by atoms with E-state index >= 15 is 0 Å². The third-order valence-electron chi connectivity index (χ3n) is 3.52. The molecule has 0 bridgehead atoms. The summed E-state index contributed by atoms with van der Waals surface area (Å²) in [6.07, 6.45) is 2.12. The lowest BCUT2D eigenvalue weighted by Gasteiger charge is -2.35. The monoisotopic (exact) mass is 298 g/mol. The summed E-state index contributed by atoms with van der Waals surface area (Å²) in [6.45, 7) is 6.57. The fourth-order valence-corrected chi connectivity index (χ4v) is 3.93. The average Bonchev–Trinajstić information content (AvgIpc) is 2.38. The van der Waals surface area contributed by atoms with E-state index < -0.39 is 0 Å². The molecule has 0 aliphatic carbocycles. The third-order valence-corrected chi connectivity index (χ3v) is 5.13. The summed E-state index contributed by atoms with van der Waals surface area (Å²) in [4.78, 5) is 2.50. The normalized spacial score (nSPS) is 21.5. The van der Waals surface area contributed by atoms with Gasteiger partial charge in [-0.25, -0.2) is 0 Å². The number of nitrogens with two attached hydrogens (primary N) is 1. The molecule has 0 saturated carbocycles. The lowest BCUT2D eigenvalue weighted by molar-refractivity contribution is 0.707. The molecular formula is C15H23ClN2S. The van der Waals surface area contributed by atoms with Gasteiger partial charge in [0.15, 0.2) is 0 Å². The number of hydrogen-bond donors (Lipinski definition) is 1. The molecule has 1 aliphatic heterocycles. The van der Waals surface area contributed by atoms with E-state index in [2.05, 4.69) is 35.7 Å². The molecule has 1 saturated heterocycles. The van der Waals surface area contributed by atoms with Crippen molar-refractivity contribution >= 4 is 29.1 Å². The molecule has 2 N–H and O–H groups in total. The second-order valence-electron chi connectivity index (χ2n) is 5.30. The van der Waals surface area contributed by atoms with Gasteiger partial charge in [-0.2, -0.15) is 11.8 Å². The van der Waals surface area contributed by atoms with Gasteiger partial charge in [0.2, 0.25) is 0 Å². The molecule has 2 unspecified atom stereocenters. The lowest BCUT2D eigenvalue weighted by atomic mass is 10.0. The van der Waals surface area contributed by atoms with Crippen LogP contribution in [-0.2, 0) is 6.42 Å². The number of anilines is 1. The van der Waals surface area contributed by atoms with Gasteiger partial charge in [-0.15, -0.1) is 0 Å². The molecule has 106 valence electrons. The van der Waals surface area contributed by atoms with E-state index in [1.165, 1.54) is 23.4 Å². The van der Waals surface area contributed by atoms with Crippen LogP contribution in [0.25, 0.3) is 0 Å². The highest BCUT2D eigenvalue weighted by atomic mass is 35.5. The molecule has 19 heavy (non-hydrogen) atoms. The molecule has 4 heteroatoms. The minimum Gasteiger partial charge on any atom is -0.369 e. The van der Waals surface area contributed by atoms with Gasteiger partial charge in [0.25, 0.3) is 0 Å². The van der Waals surface area contributed by atoms with Gasteiger partial charge in [0.05, 0.1) is 0 Å². The molecule has 1 aromatic rings. The van der Waals surface area contributed by atoms with Crippen LogP contribution in [0.2, 0.25) is 5.02 Å². The Labute approximate surface area is 125 Å². The Bertz CT molecular complexity index is 423. The lowest BCUT2D eigenvalue weighted by Crippen LogP contribution is -2.38. The summed E-state index contributed by atoms with van der Waals surface area (Å²) >= 11 is 8.22. The molecule has 1 heterocycles. The van der Waals surface area contributed by atoms with E-state index in [4.69, 9.17) is 17.3 Å². The van der Waals surface area contributed by atoms with Crippen molar-refractivity contribution < 1.29 is 0 Å². The first-order chi connectivity index (χ1) is 9.10. The standard InChI is InChI=1S/C15H23ClN2S/c1-3-14-10-18(6-7-19-14)15-5-4-13(16)9-12(15)8-11(2)17/h4-5,9,11,14H,3,6-8,10,17H2,1-2H3. The van der Waals surface area contributed by atoms with Crippen LogP contribution in [0.4, 0.5) is 5.69 Å². The summed E-state index contributed by atoms with van der Waals surface area (Å²) in [5.41, 5.74) is 8.56. The Balaban J connectivity index is 2.22. The highest BCUT2D eigenvalue weighted by molar-refractivity contribution is 8.00. The van der Waals surface area contributed by atoms with Gasteiger partial charge < -0.3 is 10.6 Å². The number of rotatable bonds is 4. The van der Waals surface area contributed by atoms with Gasteiger partial charge in [-0.3, -0.25) is 0 Å². The van der Waals surface area contributed by atoms with Crippen LogP contribution >= 0.6 is 23.4 Å². The largest absolute Gasteiger partial charge is 0.369 e. The van der Waals surface area contributed by atoms with Crippen LogP contribution in [0.3, 0.4) is 0 Å². The summed E-state index contributed by atoms with van der Waals surface area (Å²) in [5.74, 6) is 1.21. The Hall–Kier alpha value is -0.380. The summed E-state index contributed by atoms with van der Waals surface area (Å²) < 4.78 is 0. The molecule has 0 aromatic heterocycles. The molecule has 0 spiro atoms. The van der Waals surface area contributed by atoms with Crippen LogP contribution in [0.15, 0.2) is 18.2 Å². The van der Waals surface area contributed by atoms with E-state index in [1.807, 2.05) is 13.0 Å². The van der Waals surface area contributed by atoms with Gasteiger partial charge in [0, 0.05) is 40.8 Å². The third kappa shape index (κ3) is 4.04. The number of thioether (sulfide) groups is 1. The fraction of sp³-hybridized carbons (Fsp3) is 0.600. The maximum Gasteiger partial charge on any atom is 0.0410 e. The predicted molar refractivity (Wildman–Crippen MR) is 87.6 cm³/mol. The zero-order valence-electron chi connectivity index (χ0n) is 11.7. The SMILES string of the molecule is CCC1CN(c2ccc(Cl)cc2CC(C)N)CCS1. The minimum atomic E-state index is 0.165. The Morgan fingerprint density at radius 2 is 2.32 bits per heavy atom. The maximum absolute atomic E-state index is 6.13. The first-order valence-electron chi connectivity index (χ1n) is 7.00. The average molecular weight is 299 g/mol. The van der Waals surface area contributed by atoms with Crippen molar-refractivity contribution in [2.45, 2.75) is 38.0 Å². The summed E-state index contributed by atoms with van der Waals surface area (Å²) in [7, 11) is 0. The van der Waals surface area contributed by atoms with Crippen LogP contribution in [0, 0.1) is 0 Å².